The highest BCUT2D eigenvalue weighted by Gasteiger charge is 2.28. The number of aryl methyl sites for hydroxylation is 1. The van der Waals surface area contributed by atoms with E-state index in [0.29, 0.717) is 0 Å². The van der Waals surface area contributed by atoms with Gasteiger partial charge in [-0.05, 0) is 22.4 Å². The number of aliphatic hydroxyl groups excluding tert-OH is 1. The Morgan fingerprint density at radius 3 is 3.12 bits per heavy atom. The predicted molar refractivity (Wildman–Crippen MR) is 78.7 cm³/mol. The van der Waals surface area contributed by atoms with E-state index in [9.17, 15) is 5.11 Å². The van der Waals surface area contributed by atoms with Gasteiger partial charge in [-0.2, -0.15) is 28.6 Å². The van der Waals surface area contributed by atoms with E-state index in [2.05, 4.69) is 28.0 Å². The van der Waals surface area contributed by atoms with Crippen LogP contribution in [0.25, 0.3) is 0 Å². The molecule has 6 heteroatoms. The summed E-state index contributed by atoms with van der Waals surface area (Å²) >= 11 is 7.30. The van der Waals surface area contributed by atoms with Crippen molar-refractivity contribution in [2.75, 3.05) is 17.3 Å². The molecule has 1 aliphatic heterocycles. The van der Waals surface area contributed by atoms with Gasteiger partial charge in [-0.1, -0.05) is 6.92 Å². The van der Waals surface area contributed by atoms with Crippen LogP contribution in [-0.2, 0) is 6.54 Å². The average molecular weight is 337 g/mol. The summed E-state index contributed by atoms with van der Waals surface area (Å²) < 4.78 is 2.85. The molecule has 2 unspecified atom stereocenters. The lowest BCUT2D eigenvalue weighted by Gasteiger charge is -2.26. The van der Waals surface area contributed by atoms with Crippen LogP contribution in [0.3, 0.4) is 0 Å². The molecule has 1 aliphatic rings. The summed E-state index contributed by atoms with van der Waals surface area (Å²) in [7, 11) is 0. The van der Waals surface area contributed by atoms with Crippen LogP contribution in [-0.4, -0.2) is 37.4 Å². The molecule has 0 saturated carbocycles. The fourth-order valence-corrected chi connectivity index (χ4v) is 5.18. The van der Waals surface area contributed by atoms with Crippen molar-refractivity contribution in [3.8, 4) is 0 Å². The van der Waals surface area contributed by atoms with E-state index in [1.54, 1.807) is 6.20 Å². The Balaban J connectivity index is 2.16. The van der Waals surface area contributed by atoms with Gasteiger partial charge in [-0.15, -0.1) is 0 Å². The summed E-state index contributed by atoms with van der Waals surface area (Å²) in [6.07, 6.45) is 2.39. The topological polar surface area (TPSA) is 38.0 Å². The molecule has 2 rings (SSSR count). The standard InChI is InChI=1S/C11H17BrN2OS2/c1-2-3-14-10(8(12)6-13-14)11(15)9-7-16-4-5-17-9/h6,9,11,15H,2-5,7H2,1H3. The Morgan fingerprint density at radius 2 is 2.47 bits per heavy atom. The van der Waals surface area contributed by atoms with Crippen LogP contribution in [0.15, 0.2) is 10.7 Å². The zero-order chi connectivity index (χ0) is 12.3. The predicted octanol–water partition coefficient (Wildman–Crippen LogP) is 2.94. The van der Waals surface area contributed by atoms with E-state index >= 15 is 0 Å². The molecule has 1 aromatic rings. The summed E-state index contributed by atoms with van der Waals surface area (Å²) in [5.74, 6) is 3.35. The van der Waals surface area contributed by atoms with Crippen LogP contribution in [0.4, 0.5) is 0 Å². The minimum absolute atomic E-state index is 0.289. The molecule has 3 nitrogen and oxygen atoms in total. The first kappa shape index (κ1) is 13.8. The van der Waals surface area contributed by atoms with Crippen LogP contribution in [0.1, 0.15) is 25.1 Å². The quantitative estimate of drug-likeness (QED) is 0.917. The lowest BCUT2D eigenvalue weighted by Crippen LogP contribution is -2.25. The molecule has 96 valence electrons. The van der Waals surface area contributed by atoms with Gasteiger partial charge in [0, 0.05) is 29.1 Å². The van der Waals surface area contributed by atoms with Gasteiger partial charge in [0.15, 0.2) is 0 Å². The van der Waals surface area contributed by atoms with E-state index in [1.807, 2.05) is 28.2 Å². The molecule has 0 aliphatic carbocycles. The number of thioether (sulfide) groups is 2. The van der Waals surface area contributed by atoms with Gasteiger partial charge in [0.05, 0.1) is 16.4 Å². The fourth-order valence-electron chi connectivity index (χ4n) is 1.92. The maximum absolute atomic E-state index is 10.5. The first-order valence-electron chi connectivity index (χ1n) is 5.82. The third-order valence-electron chi connectivity index (χ3n) is 2.74. The molecule has 0 bridgehead atoms. The van der Waals surface area contributed by atoms with Gasteiger partial charge in [0.2, 0.25) is 0 Å². The highest BCUT2D eigenvalue weighted by molar-refractivity contribution is 9.10. The second-order valence-electron chi connectivity index (χ2n) is 4.03. The molecule has 2 heterocycles. The number of aliphatic hydroxyl groups is 1. The zero-order valence-corrected chi connectivity index (χ0v) is 13.0. The number of hydrogen-bond donors (Lipinski definition) is 1. The fraction of sp³-hybridized carbons (Fsp3) is 0.727. The first-order chi connectivity index (χ1) is 8.24. The van der Waals surface area contributed by atoms with E-state index in [4.69, 9.17) is 0 Å². The smallest absolute Gasteiger partial charge is 0.109 e. The Labute approximate surface area is 119 Å². The molecular formula is C11H17BrN2OS2. The molecule has 0 spiro atoms. The lowest BCUT2D eigenvalue weighted by molar-refractivity contribution is 0.168. The molecule has 2 atom stereocenters. The highest BCUT2D eigenvalue weighted by Crippen LogP contribution is 2.36. The molecule has 0 radical (unpaired) electrons. The number of aromatic nitrogens is 2. The maximum Gasteiger partial charge on any atom is 0.109 e. The van der Waals surface area contributed by atoms with Gasteiger partial charge in [0.25, 0.3) is 0 Å². The Kier molecular flexibility index (Phi) is 5.26. The third kappa shape index (κ3) is 3.22. The second kappa shape index (κ2) is 6.50. The van der Waals surface area contributed by atoms with Crippen molar-refractivity contribution >= 4 is 39.5 Å². The van der Waals surface area contributed by atoms with Crippen LogP contribution >= 0.6 is 39.5 Å². The molecule has 1 saturated heterocycles. The monoisotopic (exact) mass is 336 g/mol. The molecule has 17 heavy (non-hydrogen) atoms. The third-order valence-corrected chi connectivity index (χ3v) is 6.20. The van der Waals surface area contributed by atoms with Crippen molar-refractivity contribution in [1.29, 1.82) is 0 Å². The van der Waals surface area contributed by atoms with Gasteiger partial charge in [-0.3, -0.25) is 4.68 Å². The normalized spacial score (nSPS) is 22.6. The Hall–Kier alpha value is 0.350. The summed E-state index contributed by atoms with van der Waals surface area (Å²) in [5.41, 5.74) is 0.937. The van der Waals surface area contributed by atoms with Crippen LogP contribution in [0.2, 0.25) is 0 Å². The molecule has 0 aromatic carbocycles. The second-order valence-corrected chi connectivity index (χ2v) is 7.38. The summed E-state index contributed by atoms with van der Waals surface area (Å²) in [6.45, 7) is 2.99. The maximum atomic E-state index is 10.5. The van der Waals surface area contributed by atoms with Crippen LogP contribution < -0.4 is 0 Å². The molecule has 1 N–H and O–H groups in total. The van der Waals surface area contributed by atoms with Crippen molar-refractivity contribution in [2.24, 2.45) is 0 Å². The van der Waals surface area contributed by atoms with Gasteiger partial charge >= 0.3 is 0 Å². The van der Waals surface area contributed by atoms with E-state index in [1.165, 1.54) is 5.75 Å². The number of hydrogen-bond acceptors (Lipinski definition) is 4. The van der Waals surface area contributed by atoms with E-state index in [-0.39, 0.29) is 5.25 Å². The van der Waals surface area contributed by atoms with E-state index < -0.39 is 6.10 Å². The summed E-state index contributed by atoms with van der Waals surface area (Å²) in [4.78, 5) is 0. The van der Waals surface area contributed by atoms with Crippen molar-refractivity contribution in [1.82, 2.24) is 9.78 Å². The van der Waals surface area contributed by atoms with Crippen molar-refractivity contribution in [3.05, 3.63) is 16.4 Å². The lowest BCUT2D eigenvalue weighted by atomic mass is 10.2. The van der Waals surface area contributed by atoms with Crippen LogP contribution in [0.5, 0.6) is 0 Å². The summed E-state index contributed by atoms with van der Waals surface area (Å²) in [5, 5.41) is 15.1. The Bertz CT molecular complexity index is 366. The molecular weight excluding hydrogens is 320 g/mol. The average Bonchev–Trinajstić information content (AvgIpc) is 2.71. The van der Waals surface area contributed by atoms with Crippen molar-refractivity contribution < 1.29 is 5.11 Å². The molecule has 1 fully saturated rings. The number of halogens is 1. The molecule has 1 aromatic heterocycles. The Morgan fingerprint density at radius 1 is 1.65 bits per heavy atom. The van der Waals surface area contributed by atoms with Crippen LogP contribution in [0, 0.1) is 0 Å². The summed E-state index contributed by atoms with van der Waals surface area (Å²) in [6, 6.07) is 0. The minimum atomic E-state index is -0.420. The largest absolute Gasteiger partial charge is 0.386 e. The number of nitrogens with zero attached hydrogens (tertiary/aromatic N) is 2. The van der Waals surface area contributed by atoms with Gasteiger partial charge in [-0.25, -0.2) is 0 Å². The number of rotatable bonds is 4. The zero-order valence-electron chi connectivity index (χ0n) is 9.80. The SMILES string of the molecule is CCCn1ncc(Br)c1C(O)C1CSCCS1. The molecule has 0 amide bonds. The van der Waals surface area contributed by atoms with E-state index in [0.717, 1.165) is 34.6 Å². The minimum Gasteiger partial charge on any atom is -0.386 e. The first-order valence-corrected chi connectivity index (χ1v) is 8.82. The van der Waals surface area contributed by atoms with Gasteiger partial charge < -0.3 is 5.11 Å². The van der Waals surface area contributed by atoms with Crippen molar-refractivity contribution in [2.45, 2.75) is 31.2 Å². The van der Waals surface area contributed by atoms with Crippen molar-refractivity contribution in [3.63, 3.8) is 0 Å². The highest BCUT2D eigenvalue weighted by atomic mass is 79.9. The van der Waals surface area contributed by atoms with Gasteiger partial charge in [0.1, 0.15) is 6.10 Å².